The molecule has 1 aliphatic rings. The van der Waals surface area contributed by atoms with Crippen molar-refractivity contribution in [3.8, 4) is 0 Å². The Morgan fingerprint density at radius 1 is 1.67 bits per heavy atom. The Hall–Kier alpha value is -0.940. The second kappa shape index (κ2) is 4.97. The van der Waals surface area contributed by atoms with Gasteiger partial charge >= 0.3 is 0 Å². The number of thiazole rings is 1. The summed E-state index contributed by atoms with van der Waals surface area (Å²) in [6, 6.07) is 0. The highest BCUT2D eigenvalue weighted by Gasteiger charge is 2.41. The number of rotatable bonds is 4. The summed E-state index contributed by atoms with van der Waals surface area (Å²) in [5.74, 6) is 0.0997. The molecule has 0 spiro atoms. The Balaban J connectivity index is 2.11. The van der Waals surface area contributed by atoms with Crippen LogP contribution in [0.15, 0.2) is 11.6 Å². The zero-order chi connectivity index (χ0) is 13.2. The van der Waals surface area contributed by atoms with E-state index < -0.39 is 5.54 Å². The van der Waals surface area contributed by atoms with Crippen molar-refractivity contribution in [3.05, 3.63) is 16.6 Å². The Morgan fingerprint density at radius 3 is 2.94 bits per heavy atom. The van der Waals surface area contributed by atoms with Crippen LogP contribution in [0.4, 0.5) is 0 Å². The highest BCUT2D eigenvalue weighted by molar-refractivity contribution is 7.09. The predicted octanol–water partition coefficient (Wildman–Crippen LogP) is 2.03. The molecule has 0 saturated carbocycles. The molecule has 1 amide bonds. The highest BCUT2D eigenvalue weighted by atomic mass is 32.1. The minimum Gasteiger partial charge on any atom is -0.343 e. The number of nitrogens with one attached hydrogen (secondary N) is 2. The van der Waals surface area contributed by atoms with Gasteiger partial charge in [-0.15, -0.1) is 11.3 Å². The summed E-state index contributed by atoms with van der Waals surface area (Å²) in [4.78, 5) is 16.8. The molecule has 1 unspecified atom stereocenters. The van der Waals surface area contributed by atoms with E-state index in [-0.39, 0.29) is 11.4 Å². The zero-order valence-corrected chi connectivity index (χ0v) is 12.1. The normalized spacial score (nSPS) is 24.2. The van der Waals surface area contributed by atoms with Crippen molar-refractivity contribution < 1.29 is 4.79 Å². The third kappa shape index (κ3) is 2.42. The van der Waals surface area contributed by atoms with E-state index in [0.29, 0.717) is 0 Å². The second-order valence-corrected chi connectivity index (χ2v) is 6.28. The zero-order valence-electron chi connectivity index (χ0n) is 11.2. The van der Waals surface area contributed by atoms with E-state index in [1.54, 1.807) is 17.5 Å². The van der Waals surface area contributed by atoms with Gasteiger partial charge in [0.15, 0.2) is 0 Å². The topological polar surface area (TPSA) is 54.0 Å². The van der Waals surface area contributed by atoms with Gasteiger partial charge in [-0.1, -0.05) is 6.92 Å². The lowest BCUT2D eigenvalue weighted by molar-refractivity contribution is -0.129. The lowest BCUT2D eigenvalue weighted by atomic mass is 9.91. The van der Waals surface area contributed by atoms with Gasteiger partial charge in [0.05, 0.1) is 11.1 Å². The maximum atomic E-state index is 12.5. The number of hydrogen-bond donors (Lipinski definition) is 2. The summed E-state index contributed by atoms with van der Waals surface area (Å²) in [5, 5.41) is 9.38. The van der Waals surface area contributed by atoms with E-state index in [0.717, 1.165) is 30.8 Å². The van der Waals surface area contributed by atoms with E-state index in [4.69, 9.17) is 0 Å². The summed E-state index contributed by atoms with van der Waals surface area (Å²) in [6.45, 7) is 7.00. The maximum absolute atomic E-state index is 12.5. The van der Waals surface area contributed by atoms with E-state index in [1.165, 1.54) is 0 Å². The first-order valence-electron chi connectivity index (χ1n) is 6.48. The van der Waals surface area contributed by atoms with Crippen LogP contribution in [0.1, 0.15) is 45.0 Å². The van der Waals surface area contributed by atoms with Crippen LogP contribution in [0.25, 0.3) is 0 Å². The van der Waals surface area contributed by atoms with Crippen LogP contribution >= 0.6 is 11.3 Å². The maximum Gasteiger partial charge on any atom is 0.241 e. The van der Waals surface area contributed by atoms with Crippen molar-refractivity contribution in [3.63, 3.8) is 0 Å². The fourth-order valence-corrected chi connectivity index (χ4v) is 3.17. The Labute approximate surface area is 112 Å². The van der Waals surface area contributed by atoms with Gasteiger partial charge in [0, 0.05) is 11.6 Å². The lowest BCUT2D eigenvalue weighted by Crippen LogP contribution is -2.57. The molecule has 0 radical (unpaired) electrons. The van der Waals surface area contributed by atoms with E-state index >= 15 is 0 Å². The Bertz CT molecular complexity index is 408. The molecule has 1 atom stereocenters. The third-order valence-electron chi connectivity index (χ3n) is 3.67. The lowest BCUT2D eigenvalue weighted by Gasteiger charge is -2.32. The molecule has 0 bridgehead atoms. The average Bonchev–Trinajstić information content (AvgIpc) is 3.01. The number of carbonyl (C=O) groups excluding carboxylic acids is 1. The monoisotopic (exact) mass is 267 g/mol. The number of amides is 1. The standard InChI is InChI=1S/C13H21N3OS/c1-4-13(6-5-7-15-13)10(17)16-12(2,3)11-14-8-9-18-11/h8-9,15H,4-7H2,1-3H3,(H,16,17). The summed E-state index contributed by atoms with van der Waals surface area (Å²) < 4.78 is 0. The number of hydrogen-bond acceptors (Lipinski definition) is 4. The second-order valence-electron chi connectivity index (χ2n) is 5.38. The fourth-order valence-electron chi connectivity index (χ4n) is 2.45. The van der Waals surface area contributed by atoms with Gasteiger partial charge in [0.1, 0.15) is 5.01 Å². The van der Waals surface area contributed by atoms with Gasteiger partial charge < -0.3 is 10.6 Å². The minimum atomic E-state index is -0.405. The fraction of sp³-hybridized carbons (Fsp3) is 0.692. The quantitative estimate of drug-likeness (QED) is 0.877. The molecule has 100 valence electrons. The molecule has 1 aliphatic heterocycles. The van der Waals surface area contributed by atoms with Gasteiger partial charge in [-0.2, -0.15) is 0 Å². The van der Waals surface area contributed by atoms with Crippen molar-refractivity contribution in [2.45, 2.75) is 51.1 Å². The first kappa shape index (κ1) is 13.5. The third-order valence-corrected chi connectivity index (χ3v) is 4.77. The Morgan fingerprint density at radius 2 is 2.44 bits per heavy atom. The molecular formula is C13H21N3OS. The van der Waals surface area contributed by atoms with Gasteiger partial charge in [-0.25, -0.2) is 4.98 Å². The largest absolute Gasteiger partial charge is 0.343 e. The molecule has 1 aromatic rings. The average molecular weight is 267 g/mol. The summed E-state index contributed by atoms with van der Waals surface area (Å²) in [7, 11) is 0. The summed E-state index contributed by atoms with van der Waals surface area (Å²) in [6.07, 6.45) is 4.59. The summed E-state index contributed by atoms with van der Waals surface area (Å²) in [5.41, 5.74) is -0.785. The SMILES string of the molecule is CCC1(C(=O)NC(C)(C)c2nccs2)CCCN1. The van der Waals surface area contributed by atoms with Gasteiger partial charge in [-0.05, 0) is 39.7 Å². The predicted molar refractivity (Wildman–Crippen MR) is 73.5 cm³/mol. The molecule has 1 saturated heterocycles. The molecular weight excluding hydrogens is 246 g/mol. The highest BCUT2D eigenvalue weighted by Crippen LogP contribution is 2.27. The van der Waals surface area contributed by atoms with Crippen LogP contribution in [0.5, 0.6) is 0 Å². The van der Waals surface area contributed by atoms with Crippen LogP contribution in [0, 0.1) is 0 Å². The van der Waals surface area contributed by atoms with Crippen LogP contribution in [0.3, 0.4) is 0 Å². The smallest absolute Gasteiger partial charge is 0.241 e. The van der Waals surface area contributed by atoms with Crippen molar-refractivity contribution in [1.82, 2.24) is 15.6 Å². The molecule has 2 N–H and O–H groups in total. The molecule has 0 aromatic carbocycles. The number of nitrogens with zero attached hydrogens (tertiary/aromatic N) is 1. The Kier molecular flexibility index (Phi) is 3.73. The van der Waals surface area contributed by atoms with Gasteiger partial charge in [0.25, 0.3) is 0 Å². The molecule has 2 heterocycles. The molecule has 0 aliphatic carbocycles. The molecule has 4 nitrogen and oxygen atoms in total. The summed E-state index contributed by atoms with van der Waals surface area (Å²) >= 11 is 1.57. The number of aromatic nitrogens is 1. The van der Waals surface area contributed by atoms with Crippen LogP contribution in [-0.4, -0.2) is 23.0 Å². The first-order chi connectivity index (χ1) is 8.50. The van der Waals surface area contributed by atoms with Crippen molar-refractivity contribution in [1.29, 1.82) is 0 Å². The molecule has 2 rings (SSSR count). The van der Waals surface area contributed by atoms with Gasteiger partial charge in [0.2, 0.25) is 5.91 Å². The first-order valence-corrected chi connectivity index (χ1v) is 7.36. The van der Waals surface area contributed by atoms with E-state index in [2.05, 4.69) is 22.5 Å². The molecule has 18 heavy (non-hydrogen) atoms. The van der Waals surface area contributed by atoms with Crippen molar-refractivity contribution >= 4 is 17.2 Å². The number of carbonyl (C=O) groups is 1. The van der Waals surface area contributed by atoms with Gasteiger partial charge in [-0.3, -0.25) is 4.79 Å². The van der Waals surface area contributed by atoms with E-state index in [9.17, 15) is 4.79 Å². The van der Waals surface area contributed by atoms with Crippen LogP contribution in [0.2, 0.25) is 0 Å². The van der Waals surface area contributed by atoms with Crippen LogP contribution in [-0.2, 0) is 10.3 Å². The van der Waals surface area contributed by atoms with Crippen molar-refractivity contribution in [2.24, 2.45) is 0 Å². The molecule has 5 heteroatoms. The van der Waals surface area contributed by atoms with Crippen molar-refractivity contribution in [2.75, 3.05) is 6.54 Å². The molecule has 1 fully saturated rings. The van der Waals surface area contributed by atoms with E-state index in [1.807, 2.05) is 19.2 Å². The van der Waals surface area contributed by atoms with Crippen LogP contribution < -0.4 is 10.6 Å². The molecule has 1 aromatic heterocycles. The minimum absolute atomic E-state index is 0.0997.